The third-order valence-electron chi connectivity index (χ3n) is 3.79. The molecule has 0 aromatic carbocycles. The highest BCUT2D eigenvalue weighted by molar-refractivity contribution is 7.89. The van der Waals surface area contributed by atoms with E-state index in [1.807, 2.05) is 11.5 Å². The lowest BCUT2D eigenvalue weighted by Gasteiger charge is -2.04. The summed E-state index contributed by atoms with van der Waals surface area (Å²) in [6.45, 7) is 4.71. The molecular formula is C14H24N2O3S. The van der Waals surface area contributed by atoms with Crippen LogP contribution in [0, 0.1) is 5.92 Å². The van der Waals surface area contributed by atoms with Crippen molar-refractivity contribution in [3.8, 4) is 0 Å². The van der Waals surface area contributed by atoms with Gasteiger partial charge in [0.15, 0.2) is 0 Å². The summed E-state index contributed by atoms with van der Waals surface area (Å²) in [5.41, 5.74) is 0.646. The number of sulfonamides is 1. The van der Waals surface area contributed by atoms with Crippen LogP contribution in [0.5, 0.6) is 0 Å². The average molecular weight is 300 g/mol. The monoisotopic (exact) mass is 300 g/mol. The second kappa shape index (κ2) is 6.28. The predicted octanol–water partition coefficient (Wildman–Crippen LogP) is 1.86. The fourth-order valence-electron chi connectivity index (χ4n) is 2.60. The molecule has 2 N–H and O–H groups in total. The van der Waals surface area contributed by atoms with E-state index in [1.54, 1.807) is 12.3 Å². The molecule has 1 saturated carbocycles. The normalized spacial score (nSPS) is 22.1. The summed E-state index contributed by atoms with van der Waals surface area (Å²) in [7, 11) is -3.46. The number of hydrogen-bond donors (Lipinski definition) is 2. The molecule has 1 heterocycles. The van der Waals surface area contributed by atoms with Crippen molar-refractivity contribution in [2.75, 3.05) is 0 Å². The Morgan fingerprint density at radius 3 is 2.75 bits per heavy atom. The summed E-state index contributed by atoms with van der Waals surface area (Å²) in [6.07, 6.45) is 5.62. The fraction of sp³-hybridized carbons (Fsp3) is 0.714. The van der Waals surface area contributed by atoms with Gasteiger partial charge in [0.05, 0.1) is 11.5 Å². The van der Waals surface area contributed by atoms with Crippen LogP contribution in [0.2, 0.25) is 0 Å². The number of aromatic nitrogens is 1. The molecule has 1 aromatic heterocycles. The largest absolute Gasteiger partial charge is 0.390 e. The molecule has 0 radical (unpaired) electrons. The van der Waals surface area contributed by atoms with Gasteiger partial charge in [-0.05, 0) is 31.2 Å². The number of aryl methyl sites for hydroxylation is 1. The van der Waals surface area contributed by atoms with Gasteiger partial charge in [-0.3, -0.25) is 0 Å². The Hall–Kier alpha value is -0.850. The highest BCUT2D eigenvalue weighted by Crippen LogP contribution is 2.35. The van der Waals surface area contributed by atoms with Crippen LogP contribution in [0.25, 0.3) is 0 Å². The van der Waals surface area contributed by atoms with Crippen molar-refractivity contribution in [3.05, 3.63) is 18.0 Å². The van der Waals surface area contributed by atoms with Crippen LogP contribution < -0.4 is 4.72 Å². The highest BCUT2D eigenvalue weighted by Gasteiger charge is 2.39. The Balaban J connectivity index is 2.09. The maximum absolute atomic E-state index is 12.3. The lowest BCUT2D eigenvalue weighted by molar-refractivity contribution is 0.270. The molecular weight excluding hydrogens is 276 g/mol. The Morgan fingerprint density at radius 1 is 1.40 bits per heavy atom. The molecule has 6 heteroatoms. The first-order chi connectivity index (χ1) is 9.51. The summed E-state index contributed by atoms with van der Waals surface area (Å²) in [5.74, 6) is 0.491. The summed E-state index contributed by atoms with van der Waals surface area (Å²) in [4.78, 5) is 0.261. The number of hydrogen-bond acceptors (Lipinski definition) is 3. The molecule has 0 amide bonds. The first-order valence-corrected chi connectivity index (χ1v) is 8.82. The van der Waals surface area contributed by atoms with E-state index in [-0.39, 0.29) is 17.5 Å². The lowest BCUT2D eigenvalue weighted by atomic mass is 10.2. The molecule has 1 fully saturated rings. The third-order valence-corrected chi connectivity index (χ3v) is 5.24. The smallest absolute Gasteiger partial charge is 0.242 e. The molecule has 1 aromatic rings. The molecule has 1 aliphatic carbocycles. The van der Waals surface area contributed by atoms with Gasteiger partial charge in [0.25, 0.3) is 0 Å². The van der Waals surface area contributed by atoms with Crippen molar-refractivity contribution < 1.29 is 13.5 Å². The van der Waals surface area contributed by atoms with E-state index in [1.165, 1.54) is 0 Å². The van der Waals surface area contributed by atoms with Gasteiger partial charge < -0.3 is 9.67 Å². The van der Waals surface area contributed by atoms with Crippen LogP contribution in [0.1, 0.15) is 45.2 Å². The van der Waals surface area contributed by atoms with Gasteiger partial charge in [0.1, 0.15) is 0 Å². The van der Waals surface area contributed by atoms with E-state index in [9.17, 15) is 13.5 Å². The minimum atomic E-state index is -3.46. The van der Waals surface area contributed by atoms with Crippen molar-refractivity contribution in [2.24, 2.45) is 5.92 Å². The number of rotatable bonds is 8. The van der Waals surface area contributed by atoms with Crippen LogP contribution in [0.4, 0.5) is 0 Å². The first-order valence-electron chi connectivity index (χ1n) is 7.34. The van der Waals surface area contributed by atoms with Gasteiger partial charge >= 0.3 is 0 Å². The molecule has 2 atom stereocenters. The topological polar surface area (TPSA) is 71.3 Å². The van der Waals surface area contributed by atoms with Gasteiger partial charge in [-0.2, -0.15) is 0 Å². The maximum Gasteiger partial charge on any atom is 0.242 e. The van der Waals surface area contributed by atoms with E-state index in [0.717, 1.165) is 25.7 Å². The number of nitrogens with zero attached hydrogens (tertiary/aromatic N) is 1. The van der Waals surface area contributed by atoms with Crippen LogP contribution in [-0.4, -0.2) is 24.1 Å². The maximum atomic E-state index is 12.3. The standard InChI is InChI=1S/C14H24N2O3S/c1-3-5-11-7-14(11)15-20(18,19)13-8-12(10-17)16(9-13)6-4-2/h8-9,11,14-15,17H,3-7,10H2,1-2H3. The van der Waals surface area contributed by atoms with E-state index in [2.05, 4.69) is 11.6 Å². The number of aliphatic hydroxyl groups is 1. The lowest BCUT2D eigenvalue weighted by Crippen LogP contribution is -2.26. The highest BCUT2D eigenvalue weighted by atomic mass is 32.2. The van der Waals surface area contributed by atoms with E-state index in [4.69, 9.17) is 0 Å². The summed E-state index contributed by atoms with van der Waals surface area (Å²) in [5, 5.41) is 9.29. The SMILES string of the molecule is CCCC1CC1NS(=O)(=O)c1cc(CO)n(CCC)c1. The van der Waals surface area contributed by atoms with Crippen molar-refractivity contribution in [1.29, 1.82) is 0 Å². The second-order valence-electron chi connectivity index (χ2n) is 5.53. The quantitative estimate of drug-likeness (QED) is 0.770. The van der Waals surface area contributed by atoms with Gasteiger partial charge in [-0.15, -0.1) is 0 Å². The van der Waals surface area contributed by atoms with Crippen molar-refractivity contribution in [3.63, 3.8) is 0 Å². The average Bonchev–Trinajstić information content (AvgIpc) is 2.96. The zero-order valence-electron chi connectivity index (χ0n) is 12.2. The molecule has 2 unspecified atom stereocenters. The molecule has 5 nitrogen and oxygen atoms in total. The molecule has 0 spiro atoms. The summed E-state index contributed by atoms with van der Waals surface area (Å²) < 4.78 is 29.2. The van der Waals surface area contributed by atoms with E-state index in [0.29, 0.717) is 18.2 Å². The predicted molar refractivity (Wildman–Crippen MR) is 77.8 cm³/mol. The van der Waals surface area contributed by atoms with Crippen LogP contribution >= 0.6 is 0 Å². The molecule has 0 aliphatic heterocycles. The first kappa shape index (κ1) is 15.5. The van der Waals surface area contributed by atoms with Gasteiger partial charge in [0, 0.05) is 24.5 Å². The molecule has 0 saturated heterocycles. The Bertz CT molecular complexity index is 551. The van der Waals surface area contributed by atoms with Crippen molar-refractivity contribution in [1.82, 2.24) is 9.29 Å². The zero-order valence-corrected chi connectivity index (χ0v) is 13.0. The van der Waals surface area contributed by atoms with Crippen molar-refractivity contribution >= 4 is 10.0 Å². The number of nitrogens with one attached hydrogen (secondary N) is 1. The number of aliphatic hydroxyl groups excluding tert-OH is 1. The Kier molecular flexibility index (Phi) is 4.88. The van der Waals surface area contributed by atoms with E-state index < -0.39 is 10.0 Å². The summed E-state index contributed by atoms with van der Waals surface area (Å²) in [6, 6.07) is 1.65. The van der Waals surface area contributed by atoms with Crippen LogP contribution in [0.3, 0.4) is 0 Å². The molecule has 2 rings (SSSR count). The van der Waals surface area contributed by atoms with Crippen molar-refractivity contribution in [2.45, 2.75) is 63.6 Å². The minimum Gasteiger partial charge on any atom is -0.390 e. The van der Waals surface area contributed by atoms with Gasteiger partial charge in [-0.1, -0.05) is 20.3 Å². The van der Waals surface area contributed by atoms with Crippen LogP contribution in [0.15, 0.2) is 17.2 Å². The molecule has 114 valence electrons. The zero-order chi connectivity index (χ0) is 14.8. The van der Waals surface area contributed by atoms with Crippen LogP contribution in [-0.2, 0) is 23.2 Å². The van der Waals surface area contributed by atoms with E-state index >= 15 is 0 Å². The summed E-state index contributed by atoms with van der Waals surface area (Å²) >= 11 is 0. The molecule has 0 bridgehead atoms. The Labute approximate surface area is 121 Å². The van der Waals surface area contributed by atoms with Gasteiger partial charge in [0.2, 0.25) is 10.0 Å². The Morgan fingerprint density at radius 2 is 2.15 bits per heavy atom. The molecule has 1 aliphatic rings. The third kappa shape index (κ3) is 3.42. The fourth-order valence-corrected chi connectivity index (χ4v) is 3.98. The second-order valence-corrected chi connectivity index (χ2v) is 7.24. The van der Waals surface area contributed by atoms with Gasteiger partial charge in [-0.25, -0.2) is 13.1 Å². The molecule has 20 heavy (non-hydrogen) atoms. The minimum absolute atomic E-state index is 0.0899.